The standard InChI is InChI=1S/C17H27N3O.CH5N.CH2O2.CH4O/c1-2-3-12-18-16(21)9-5-4-8-15-11-10-14-7-6-13-19-17(14)20-15;1-2;2-1-3;1-2/h10-11H,2-9,12-13H2,1H3,(H,18,21)(H,19,20);2H2,1H3;1H,(H,2,3);2H,1H3. The van der Waals surface area contributed by atoms with E-state index in [1.165, 1.54) is 19.0 Å². The maximum absolute atomic E-state index is 11.6. The van der Waals surface area contributed by atoms with Gasteiger partial charge in [-0.1, -0.05) is 19.4 Å². The highest BCUT2D eigenvalue weighted by atomic mass is 16.3. The number of amides is 1. The number of aryl methyl sites for hydroxylation is 2. The maximum Gasteiger partial charge on any atom is 0.290 e. The van der Waals surface area contributed by atoms with Gasteiger partial charge in [0.25, 0.3) is 6.47 Å². The monoisotopic (exact) mass is 398 g/mol. The molecule has 0 saturated heterocycles. The third kappa shape index (κ3) is 13.9. The highest BCUT2D eigenvalue weighted by molar-refractivity contribution is 5.75. The molecule has 0 unspecified atom stereocenters. The molecule has 8 nitrogen and oxygen atoms in total. The molecule has 6 N–H and O–H groups in total. The molecule has 0 radical (unpaired) electrons. The van der Waals surface area contributed by atoms with Gasteiger partial charge in [-0.05, 0) is 57.2 Å². The van der Waals surface area contributed by atoms with Gasteiger partial charge in [0, 0.05) is 32.3 Å². The first-order valence-electron chi connectivity index (χ1n) is 9.81. The van der Waals surface area contributed by atoms with Crippen LogP contribution in [0.15, 0.2) is 12.1 Å². The number of carbonyl (C=O) groups is 2. The Morgan fingerprint density at radius 1 is 1.29 bits per heavy atom. The number of nitrogens with two attached hydrogens (primary N) is 1. The first kappa shape index (κ1) is 28.0. The Balaban J connectivity index is 0. The number of carboxylic acid groups (broad SMARTS) is 1. The predicted molar refractivity (Wildman–Crippen MR) is 113 cm³/mol. The van der Waals surface area contributed by atoms with Crippen molar-refractivity contribution < 1.29 is 19.8 Å². The molecule has 1 amide bonds. The van der Waals surface area contributed by atoms with Crippen LogP contribution >= 0.6 is 0 Å². The largest absolute Gasteiger partial charge is 0.483 e. The van der Waals surface area contributed by atoms with E-state index < -0.39 is 0 Å². The zero-order valence-corrected chi connectivity index (χ0v) is 17.5. The van der Waals surface area contributed by atoms with E-state index in [1.54, 1.807) is 0 Å². The Morgan fingerprint density at radius 2 is 1.96 bits per heavy atom. The number of aromatic nitrogens is 1. The van der Waals surface area contributed by atoms with Gasteiger partial charge in [-0.2, -0.15) is 0 Å². The molecule has 1 aromatic heterocycles. The number of carbonyl (C=O) groups excluding carboxylic acids is 1. The minimum Gasteiger partial charge on any atom is -0.483 e. The molecule has 0 saturated carbocycles. The van der Waals surface area contributed by atoms with Crippen LogP contribution < -0.4 is 16.4 Å². The van der Waals surface area contributed by atoms with Gasteiger partial charge < -0.3 is 26.6 Å². The predicted octanol–water partition coefficient (Wildman–Crippen LogP) is 1.95. The van der Waals surface area contributed by atoms with E-state index in [0.29, 0.717) is 6.42 Å². The van der Waals surface area contributed by atoms with Crippen LogP contribution in [0.25, 0.3) is 0 Å². The quantitative estimate of drug-likeness (QED) is 0.333. The molecule has 0 aromatic carbocycles. The smallest absolute Gasteiger partial charge is 0.290 e. The Bertz CT molecular complexity index is 513. The van der Waals surface area contributed by atoms with Gasteiger partial charge in [-0.15, -0.1) is 0 Å². The molecule has 0 aliphatic carbocycles. The van der Waals surface area contributed by atoms with E-state index >= 15 is 0 Å². The number of nitrogens with zero attached hydrogens (tertiary/aromatic N) is 1. The first-order valence-corrected chi connectivity index (χ1v) is 9.81. The molecular formula is C20H38N4O4. The van der Waals surface area contributed by atoms with Crippen LogP contribution in [0.1, 0.15) is 56.7 Å². The molecule has 0 spiro atoms. The topological polar surface area (TPSA) is 138 Å². The van der Waals surface area contributed by atoms with Crippen LogP contribution in [0.2, 0.25) is 0 Å². The Hall–Kier alpha value is -2.19. The molecule has 8 heteroatoms. The summed E-state index contributed by atoms with van der Waals surface area (Å²) < 4.78 is 0. The van der Waals surface area contributed by atoms with Crippen LogP contribution in [0.5, 0.6) is 0 Å². The molecule has 28 heavy (non-hydrogen) atoms. The number of anilines is 1. The molecule has 2 heterocycles. The number of nitrogens with one attached hydrogen (secondary N) is 2. The van der Waals surface area contributed by atoms with Crippen molar-refractivity contribution in [3.8, 4) is 0 Å². The van der Waals surface area contributed by atoms with Crippen molar-refractivity contribution in [2.45, 2.75) is 58.3 Å². The van der Waals surface area contributed by atoms with E-state index in [1.807, 2.05) is 0 Å². The number of fused-ring (bicyclic) bond motifs is 1. The molecule has 162 valence electrons. The zero-order chi connectivity index (χ0) is 21.6. The molecule has 2 rings (SSSR count). The number of aliphatic hydroxyl groups is 1. The van der Waals surface area contributed by atoms with Crippen LogP contribution in [0.3, 0.4) is 0 Å². The van der Waals surface area contributed by atoms with E-state index in [4.69, 9.17) is 15.0 Å². The van der Waals surface area contributed by atoms with Crippen molar-refractivity contribution in [3.05, 3.63) is 23.4 Å². The molecule has 1 aliphatic rings. The summed E-state index contributed by atoms with van der Waals surface area (Å²) in [6, 6.07) is 4.33. The summed E-state index contributed by atoms with van der Waals surface area (Å²) in [5.74, 6) is 1.25. The van der Waals surface area contributed by atoms with E-state index in [9.17, 15) is 4.79 Å². The molecule has 0 fully saturated rings. The lowest BCUT2D eigenvalue weighted by Gasteiger charge is -2.17. The molecular weight excluding hydrogens is 360 g/mol. The van der Waals surface area contributed by atoms with Crippen molar-refractivity contribution in [2.24, 2.45) is 5.73 Å². The fourth-order valence-corrected chi connectivity index (χ4v) is 2.59. The maximum atomic E-state index is 11.6. The number of aliphatic hydroxyl groups excluding tert-OH is 1. The first-order chi connectivity index (χ1) is 13.7. The summed E-state index contributed by atoms with van der Waals surface area (Å²) in [7, 11) is 2.50. The highest BCUT2D eigenvalue weighted by Gasteiger charge is 2.10. The van der Waals surface area contributed by atoms with Crippen molar-refractivity contribution in [2.75, 3.05) is 32.6 Å². The van der Waals surface area contributed by atoms with E-state index in [-0.39, 0.29) is 12.4 Å². The van der Waals surface area contributed by atoms with Gasteiger partial charge in [0.1, 0.15) is 5.82 Å². The van der Waals surface area contributed by atoms with Crippen LogP contribution in [0, 0.1) is 0 Å². The summed E-state index contributed by atoms with van der Waals surface area (Å²) in [6.07, 6.45) is 8.06. The van der Waals surface area contributed by atoms with Crippen LogP contribution in [-0.4, -0.2) is 54.8 Å². The zero-order valence-electron chi connectivity index (χ0n) is 17.5. The van der Waals surface area contributed by atoms with Gasteiger partial charge in [0.05, 0.1) is 0 Å². The van der Waals surface area contributed by atoms with Crippen molar-refractivity contribution in [1.82, 2.24) is 10.3 Å². The van der Waals surface area contributed by atoms with E-state index in [0.717, 1.165) is 70.2 Å². The third-order valence-corrected chi connectivity index (χ3v) is 3.89. The van der Waals surface area contributed by atoms with Gasteiger partial charge in [0.2, 0.25) is 5.91 Å². The fraction of sp³-hybridized carbons (Fsp3) is 0.650. The normalized spacial score (nSPS) is 10.9. The van der Waals surface area contributed by atoms with E-state index in [2.05, 4.69) is 40.4 Å². The summed E-state index contributed by atoms with van der Waals surface area (Å²) in [6.45, 7) is 3.72. The lowest BCUT2D eigenvalue weighted by atomic mass is 10.1. The lowest BCUT2D eigenvalue weighted by molar-refractivity contribution is -0.123. The lowest BCUT2D eigenvalue weighted by Crippen LogP contribution is -2.23. The summed E-state index contributed by atoms with van der Waals surface area (Å²) in [4.78, 5) is 24.6. The second-order valence-electron chi connectivity index (χ2n) is 5.86. The molecule has 0 atom stereocenters. The average molecular weight is 399 g/mol. The number of pyridine rings is 1. The molecule has 1 aromatic rings. The number of hydrogen-bond donors (Lipinski definition) is 5. The van der Waals surface area contributed by atoms with Gasteiger partial charge in [-0.25, -0.2) is 4.98 Å². The minimum atomic E-state index is -0.250. The van der Waals surface area contributed by atoms with Crippen molar-refractivity contribution in [1.29, 1.82) is 0 Å². The highest BCUT2D eigenvalue weighted by Crippen LogP contribution is 2.20. The third-order valence-electron chi connectivity index (χ3n) is 3.89. The number of hydrogen-bond acceptors (Lipinski definition) is 6. The second-order valence-corrected chi connectivity index (χ2v) is 5.86. The molecule has 0 bridgehead atoms. The minimum absolute atomic E-state index is 0.184. The van der Waals surface area contributed by atoms with Crippen LogP contribution in [-0.2, 0) is 22.4 Å². The van der Waals surface area contributed by atoms with Crippen LogP contribution in [0.4, 0.5) is 5.82 Å². The summed E-state index contributed by atoms with van der Waals surface area (Å²) >= 11 is 0. The number of unbranched alkanes of at least 4 members (excludes halogenated alkanes) is 2. The Labute approximate surface area is 168 Å². The summed E-state index contributed by atoms with van der Waals surface area (Å²) in [5, 5.41) is 20.2. The SMILES string of the molecule is CCCCNC(=O)CCCCc1ccc2c(n1)NCCC2.CN.CO.O=CO. The summed E-state index contributed by atoms with van der Waals surface area (Å²) in [5.41, 5.74) is 6.97. The van der Waals surface area contributed by atoms with Gasteiger partial charge >= 0.3 is 0 Å². The number of rotatable bonds is 8. The fourth-order valence-electron chi connectivity index (χ4n) is 2.59. The second kappa shape index (κ2) is 21.1. The average Bonchev–Trinajstić information content (AvgIpc) is 2.75. The Morgan fingerprint density at radius 3 is 2.61 bits per heavy atom. The van der Waals surface area contributed by atoms with Crippen molar-refractivity contribution >= 4 is 18.2 Å². The molecule has 1 aliphatic heterocycles. The van der Waals surface area contributed by atoms with Gasteiger partial charge in [0.15, 0.2) is 0 Å². The van der Waals surface area contributed by atoms with Crippen molar-refractivity contribution in [3.63, 3.8) is 0 Å². The van der Waals surface area contributed by atoms with Gasteiger partial charge in [-0.3, -0.25) is 9.59 Å². The Kier molecular flexibility index (Phi) is 21.1.